The van der Waals surface area contributed by atoms with Crippen LogP contribution in [0.4, 0.5) is 0 Å². The molecule has 3 nitrogen and oxygen atoms in total. The molecule has 3 heteroatoms. The van der Waals surface area contributed by atoms with Crippen molar-refractivity contribution in [1.82, 2.24) is 10.6 Å². The predicted molar refractivity (Wildman–Crippen MR) is 71.2 cm³/mol. The fourth-order valence-electron chi connectivity index (χ4n) is 3.10. The van der Waals surface area contributed by atoms with Crippen LogP contribution in [0.1, 0.15) is 39.5 Å². The first kappa shape index (κ1) is 13.3. The summed E-state index contributed by atoms with van der Waals surface area (Å²) in [5, 5.41) is 7.25. The van der Waals surface area contributed by atoms with E-state index in [9.17, 15) is 0 Å². The third kappa shape index (κ3) is 3.43. The summed E-state index contributed by atoms with van der Waals surface area (Å²) in [6.07, 6.45) is 5.18. The Morgan fingerprint density at radius 1 is 1.41 bits per heavy atom. The van der Waals surface area contributed by atoms with E-state index in [0.29, 0.717) is 11.5 Å². The molecule has 0 radical (unpaired) electrons. The molecule has 2 unspecified atom stereocenters. The third-order valence-electron chi connectivity index (χ3n) is 4.89. The lowest BCUT2D eigenvalue weighted by atomic mass is 9.76. The lowest BCUT2D eigenvalue weighted by Crippen LogP contribution is -2.46. The fraction of sp³-hybridized carbons (Fsp3) is 1.00. The van der Waals surface area contributed by atoms with E-state index in [1.807, 2.05) is 0 Å². The molecule has 2 fully saturated rings. The van der Waals surface area contributed by atoms with Crippen molar-refractivity contribution in [3.63, 3.8) is 0 Å². The monoisotopic (exact) mass is 240 g/mol. The number of piperidine rings is 1. The van der Waals surface area contributed by atoms with Crippen LogP contribution in [0.15, 0.2) is 0 Å². The fourth-order valence-corrected chi connectivity index (χ4v) is 3.10. The highest BCUT2D eigenvalue weighted by Gasteiger charge is 2.31. The van der Waals surface area contributed by atoms with E-state index in [2.05, 4.69) is 24.5 Å². The molecular formula is C14H28N2O. The van der Waals surface area contributed by atoms with Gasteiger partial charge in [0.25, 0.3) is 0 Å². The van der Waals surface area contributed by atoms with Crippen molar-refractivity contribution in [2.45, 2.75) is 45.6 Å². The zero-order valence-corrected chi connectivity index (χ0v) is 11.4. The van der Waals surface area contributed by atoms with E-state index in [-0.39, 0.29) is 0 Å². The normalized spacial score (nSPS) is 30.4. The number of ether oxygens (including phenoxy) is 1. The van der Waals surface area contributed by atoms with Crippen LogP contribution in [0.5, 0.6) is 0 Å². The summed E-state index contributed by atoms with van der Waals surface area (Å²) in [4.78, 5) is 0. The molecule has 0 aromatic rings. The zero-order valence-electron chi connectivity index (χ0n) is 11.4. The largest absolute Gasteiger partial charge is 0.381 e. The highest BCUT2D eigenvalue weighted by Crippen LogP contribution is 2.32. The third-order valence-corrected chi connectivity index (χ3v) is 4.89. The van der Waals surface area contributed by atoms with Gasteiger partial charge < -0.3 is 15.4 Å². The first-order valence-corrected chi connectivity index (χ1v) is 7.28. The Labute approximate surface area is 106 Å². The van der Waals surface area contributed by atoms with Crippen molar-refractivity contribution < 1.29 is 4.74 Å². The Morgan fingerprint density at radius 3 is 2.76 bits per heavy atom. The molecule has 0 spiro atoms. The maximum absolute atomic E-state index is 5.47. The van der Waals surface area contributed by atoms with E-state index < -0.39 is 0 Å². The number of hydrogen-bond donors (Lipinski definition) is 2. The SMILES string of the molecule is CCC1(CNC(C)C2CCOC2)CCNCC1. The molecule has 2 saturated heterocycles. The molecule has 0 aliphatic carbocycles. The maximum Gasteiger partial charge on any atom is 0.0509 e. The van der Waals surface area contributed by atoms with E-state index >= 15 is 0 Å². The minimum absolute atomic E-state index is 0.541. The van der Waals surface area contributed by atoms with Crippen LogP contribution in [-0.2, 0) is 4.74 Å². The minimum Gasteiger partial charge on any atom is -0.381 e. The number of rotatable bonds is 5. The van der Waals surface area contributed by atoms with Gasteiger partial charge in [0.15, 0.2) is 0 Å². The average Bonchev–Trinajstić information content (AvgIpc) is 2.91. The van der Waals surface area contributed by atoms with Crippen LogP contribution in [0.3, 0.4) is 0 Å². The summed E-state index contributed by atoms with van der Waals surface area (Å²) in [7, 11) is 0. The summed E-state index contributed by atoms with van der Waals surface area (Å²) < 4.78 is 5.47. The summed E-state index contributed by atoms with van der Waals surface area (Å²) >= 11 is 0. The summed E-state index contributed by atoms with van der Waals surface area (Å²) in [6, 6.07) is 0.607. The van der Waals surface area contributed by atoms with Crippen LogP contribution >= 0.6 is 0 Å². The summed E-state index contributed by atoms with van der Waals surface area (Å²) in [6.45, 7) is 10.1. The Morgan fingerprint density at radius 2 is 2.18 bits per heavy atom. The van der Waals surface area contributed by atoms with Gasteiger partial charge in [-0.15, -0.1) is 0 Å². The summed E-state index contributed by atoms with van der Waals surface area (Å²) in [5.41, 5.74) is 0.541. The zero-order chi connectivity index (χ0) is 12.1. The van der Waals surface area contributed by atoms with Crippen LogP contribution in [0.25, 0.3) is 0 Å². The highest BCUT2D eigenvalue weighted by atomic mass is 16.5. The van der Waals surface area contributed by atoms with E-state index in [4.69, 9.17) is 4.74 Å². The lowest BCUT2D eigenvalue weighted by molar-refractivity contribution is 0.158. The molecule has 0 bridgehead atoms. The van der Waals surface area contributed by atoms with Gasteiger partial charge in [-0.05, 0) is 57.0 Å². The topological polar surface area (TPSA) is 33.3 Å². The average molecular weight is 240 g/mol. The molecule has 2 N–H and O–H groups in total. The first-order chi connectivity index (χ1) is 8.26. The molecule has 100 valence electrons. The number of nitrogens with one attached hydrogen (secondary N) is 2. The van der Waals surface area contributed by atoms with Crippen molar-refractivity contribution in [3.8, 4) is 0 Å². The van der Waals surface area contributed by atoms with Gasteiger partial charge in [0.1, 0.15) is 0 Å². The van der Waals surface area contributed by atoms with Gasteiger partial charge in [0.2, 0.25) is 0 Å². The Kier molecular flexibility index (Phi) is 4.83. The first-order valence-electron chi connectivity index (χ1n) is 7.28. The molecule has 0 saturated carbocycles. The minimum atomic E-state index is 0.541. The molecule has 2 aliphatic heterocycles. The second-order valence-electron chi connectivity index (χ2n) is 5.90. The molecule has 2 aliphatic rings. The van der Waals surface area contributed by atoms with Gasteiger partial charge in [0.05, 0.1) is 6.61 Å². The highest BCUT2D eigenvalue weighted by molar-refractivity contribution is 4.87. The summed E-state index contributed by atoms with van der Waals surface area (Å²) in [5.74, 6) is 0.727. The second-order valence-corrected chi connectivity index (χ2v) is 5.90. The van der Waals surface area contributed by atoms with Crippen LogP contribution < -0.4 is 10.6 Å². The molecule has 0 aromatic carbocycles. The van der Waals surface area contributed by atoms with Crippen molar-refractivity contribution in [1.29, 1.82) is 0 Å². The van der Waals surface area contributed by atoms with Crippen molar-refractivity contribution >= 4 is 0 Å². The van der Waals surface area contributed by atoms with Gasteiger partial charge in [-0.2, -0.15) is 0 Å². The molecule has 0 aromatic heterocycles. The van der Waals surface area contributed by atoms with Crippen LogP contribution in [-0.4, -0.2) is 38.9 Å². The Bertz CT molecular complexity index is 220. The molecular weight excluding hydrogens is 212 g/mol. The van der Waals surface area contributed by atoms with E-state index in [1.165, 1.54) is 45.3 Å². The maximum atomic E-state index is 5.47. The molecule has 2 heterocycles. The van der Waals surface area contributed by atoms with Crippen LogP contribution in [0.2, 0.25) is 0 Å². The molecule has 17 heavy (non-hydrogen) atoms. The van der Waals surface area contributed by atoms with Gasteiger partial charge in [-0.1, -0.05) is 6.92 Å². The molecule has 2 atom stereocenters. The van der Waals surface area contributed by atoms with Crippen LogP contribution in [0, 0.1) is 11.3 Å². The van der Waals surface area contributed by atoms with Crippen molar-refractivity contribution in [3.05, 3.63) is 0 Å². The Hall–Kier alpha value is -0.120. The smallest absolute Gasteiger partial charge is 0.0509 e. The van der Waals surface area contributed by atoms with Gasteiger partial charge in [0, 0.05) is 19.2 Å². The standard InChI is InChI=1S/C14H28N2O/c1-3-14(5-7-15-8-6-14)11-16-12(2)13-4-9-17-10-13/h12-13,15-16H,3-11H2,1-2H3. The predicted octanol–water partition coefficient (Wildman–Crippen LogP) is 1.78. The van der Waals surface area contributed by atoms with Crippen molar-refractivity contribution in [2.75, 3.05) is 32.8 Å². The van der Waals surface area contributed by atoms with Gasteiger partial charge in [-0.3, -0.25) is 0 Å². The van der Waals surface area contributed by atoms with Crippen molar-refractivity contribution in [2.24, 2.45) is 11.3 Å². The molecule has 2 rings (SSSR count). The van der Waals surface area contributed by atoms with Gasteiger partial charge in [-0.25, -0.2) is 0 Å². The molecule has 0 amide bonds. The number of hydrogen-bond acceptors (Lipinski definition) is 3. The van der Waals surface area contributed by atoms with E-state index in [1.54, 1.807) is 0 Å². The second kappa shape index (κ2) is 6.17. The lowest BCUT2D eigenvalue weighted by Gasteiger charge is -2.38. The van der Waals surface area contributed by atoms with E-state index in [0.717, 1.165) is 19.1 Å². The quantitative estimate of drug-likeness (QED) is 0.768. The van der Waals surface area contributed by atoms with Gasteiger partial charge >= 0.3 is 0 Å². The Balaban J connectivity index is 1.78.